The van der Waals surface area contributed by atoms with Gasteiger partial charge in [0, 0.05) is 36.8 Å². The third kappa shape index (κ3) is 5.01. The lowest BCUT2D eigenvalue weighted by Gasteiger charge is -2.28. The standard InChI is InChI=1S/C26H25ClN2O4/c1-3-33-24-11-8-17(12-25(24)32-2)23(14-21(30)13-20-10-9-19(27)15-28-20)29-16-18-6-4-5-7-22(18)26(29)31/h4-12,15,23H,3,13-14,16H2,1-2H3. The summed E-state index contributed by atoms with van der Waals surface area (Å²) in [6, 6.07) is 16.1. The Hall–Kier alpha value is -3.38. The van der Waals surface area contributed by atoms with E-state index in [1.54, 1.807) is 24.1 Å². The SMILES string of the molecule is CCOc1ccc(C(CC(=O)Cc2ccc(Cl)cn2)N2Cc3ccccc3C2=O)cc1OC. The Morgan fingerprint density at radius 1 is 1.15 bits per heavy atom. The van der Waals surface area contributed by atoms with Crippen molar-refractivity contribution in [2.45, 2.75) is 32.4 Å². The Morgan fingerprint density at radius 3 is 2.67 bits per heavy atom. The second-order valence-electron chi connectivity index (χ2n) is 7.84. The molecule has 33 heavy (non-hydrogen) atoms. The summed E-state index contributed by atoms with van der Waals surface area (Å²) in [4.78, 5) is 32.3. The van der Waals surface area contributed by atoms with Crippen LogP contribution in [0.2, 0.25) is 5.02 Å². The van der Waals surface area contributed by atoms with Crippen LogP contribution >= 0.6 is 11.6 Å². The summed E-state index contributed by atoms with van der Waals surface area (Å²) >= 11 is 5.91. The lowest BCUT2D eigenvalue weighted by Crippen LogP contribution is -2.31. The number of carbonyl (C=O) groups excluding carboxylic acids is 2. The van der Waals surface area contributed by atoms with Crippen molar-refractivity contribution in [2.75, 3.05) is 13.7 Å². The molecule has 0 radical (unpaired) electrons. The number of benzene rings is 2. The van der Waals surface area contributed by atoms with Gasteiger partial charge in [-0.3, -0.25) is 14.6 Å². The fourth-order valence-corrected chi connectivity index (χ4v) is 4.22. The van der Waals surface area contributed by atoms with Crippen molar-refractivity contribution in [2.24, 2.45) is 0 Å². The molecule has 1 amide bonds. The number of hydrogen-bond donors (Lipinski definition) is 0. The summed E-state index contributed by atoms with van der Waals surface area (Å²) in [6.07, 6.45) is 1.84. The molecule has 2 heterocycles. The second kappa shape index (κ2) is 10.0. The van der Waals surface area contributed by atoms with Crippen LogP contribution in [0.1, 0.15) is 46.6 Å². The first-order chi connectivity index (χ1) is 16.0. The number of carbonyl (C=O) groups is 2. The maximum Gasteiger partial charge on any atom is 0.255 e. The van der Waals surface area contributed by atoms with Crippen LogP contribution in [0.5, 0.6) is 11.5 Å². The Kier molecular flexibility index (Phi) is 6.94. The monoisotopic (exact) mass is 464 g/mol. The summed E-state index contributed by atoms with van der Waals surface area (Å²) in [5, 5.41) is 0.519. The van der Waals surface area contributed by atoms with Gasteiger partial charge in [0.15, 0.2) is 11.5 Å². The molecule has 1 aliphatic heterocycles. The van der Waals surface area contributed by atoms with E-state index in [4.69, 9.17) is 21.1 Å². The first-order valence-corrected chi connectivity index (χ1v) is 11.2. The highest BCUT2D eigenvalue weighted by atomic mass is 35.5. The van der Waals surface area contributed by atoms with Gasteiger partial charge in [0.1, 0.15) is 5.78 Å². The molecule has 0 spiro atoms. The van der Waals surface area contributed by atoms with E-state index in [9.17, 15) is 9.59 Å². The van der Waals surface area contributed by atoms with E-state index in [0.29, 0.717) is 40.9 Å². The molecule has 170 valence electrons. The Balaban J connectivity index is 1.65. The molecule has 0 fully saturated rings. The second-order valence-corrected chi connectivity index (χ2v) is 8.27. The number of methoxy groups -OCH3 is 1. The van der Waals surface area contributed by atoms with Gasteiger partial charge in [-0.1, -0.05) is 35.9 Å². The van der Waals surface area contributed by atoms with Crippen LogP contribution in [0.15, 0.2) is 60.8 Å². The minimum atomic E-state index is -0.450. The van der Waals surface area contributed by atoms with Crippen LogP contribution in [0, 0.1) is 0 Å². The van der Waals surface area contributed by atoms with Gasteiger partial charge >= 0.3 is 0 Å². The molecule has 0 saturated carbocycles. The third-order valence-corrected chi connectivity index (χ3v) is 5.91. The van der Waals surface area contributed by atoms with Crippen LogP contribution in [-0.2, 0) is 17.8 Å². The first-order valence-electron chi connectivity index (χ1n) is 10.8. The fourth-order valence-electron chi connectivity index (χ4n) is 4.10. The summed E-state index contributed by atoms with van der Waals surface area (Å²) in [5.41, 5.74) is 3.08. The van der Waals surface area contributed by atoms with E-state index in [-0.39, 0.29) is 24.5 Å². The van der Waals surface area contributed by atoms with Crippen LogP contribution in [0.25, 0.3) is 0 Å². The Labute approximate surface area is 198 Å². The van der Waals surface area contributed by atoms with E-state index in [2.05, 4.69) is 4.98 Å². The predicted molar refractivity (Wildman–Crippen MR) is 126 cm³/mol. The van der Waals surface area contributed by atoms with Crippen molar-refractivity contribution < 1.29 is 19.1 Å². The molecule has 6 nitrogen and oxygen atoms in total. The summed E-state index contributed by atoms with van der Waals surface area (Å²) in [5.74, 6) is 1.08. The van der Waals surface area contributed by atoms with E-state index in [1.807, 2.05) is 49.4 Å². The number of amides is 1. The highest BCUT2D eigenvalue weighted by molar-refractivity contribution is 6.30. The average Bonchev–Trinajstić information content (AvgIpc) is 3.16. The summed E-state index contributed by atoms with van der Waals surface area (Å²) in [6.45, 7) is 2.85. The molecule has 0 bridgehead atoms. The van der Waals surface area contributed by atoms with Crippen molar-refractivity contribution in [3.8, 4) is 11.5 Å². The molecule has 2 aromatic carbocycles. The summed E-state index contributed by atoms with van der Waals surface area (Å²) < 4.78 is 11.2. The molecule has 1 atom stereocenters. The molecule has 1 unspecified atom stereocenters. The average molecular weight is 465 g/mol. The first kappa shape index (κ1) is 22.8. The van der Waals surface area contributed by atoms with E-state index >= 15 is 0 Å². The van der Waals surface area contributed by atoms with Gasteiger partial charge in [-0.2, -0.15) is 0 Å². The molecule has 0 aliphatic carbocycles. The number of nitrogens with zero attached hydrogens (tertiary/aromatic N) is 2. The van der Waals surface area contributed by atoms with Gasteiger partial charge in [0.05, 0.1) is 24.8 Å². The highest BCUT2D eigenvalue weighted by Gasteiger charge is 2.34. The number of rotatable bonds is 9. The topological polar surface area (TPSA) is 68.7 Å². The molecular weight excluding hydrogens is 440 g/mol. The van der Waals surface area contributed by atoms with Gasteiger partial charge in [0.2, 0.25) is 0 Å². The third-order valence-electron chi connectivity index (χ3n) is 5.69. The number of fused-ring (bicyclic) bond motifs is 1. The largest absolute Gasteiger partial charge is 0.493 e. The number of hydrogen-bond acceptors (Lipinski definition) is 5. The minimum absolute atomic E-state index is 0.0218. The molecule has 0 N–H and O–H groups in total. The lowest BCUT2D eigenvalue weighted by atomic mass is 9.97. The molecule has 1 aliphatic rings. The van der Waals surface area contributed by atoms with E-state index in [0.717, 1.165) is 11.1 Å². The number of ether oxygens (including phenoxy) is 2. The molecule has 3 aromatic rings. The quantitative estimate of drug-likeness (QED) is 0.443. The normalized spacial score (nSPS) is 13.5. The van der Waals surface area contributed by atoms with Gasteiger partial charge < -0.3 is 14.4 Å². The van der Waals surface area contributed by atoms with Gasteiger partial charge in [0.25, 0.3) is 5.91 Å². The van der Waals surface area contributed by atoms with Gasteiger partial charge in [-0.05, 0) is 48.4 Å². The number of Topliss-reactive ketones (excluding diaryl/α,β-unsaturated/α-hetero) is 1. The molecule has 0 saturated heterocycles. The maximum atomic E-state index is 13.2. The molecule has 1 aromatic heterocycles. The van der Waals surface area contributed by atoms with Gasteiger partial charge in [-0.15, -0.1) is 0 Å². The molecule has 7 heteroatoms. The van der Waals surface area contributed by atoms with Crippen LogP contribution in [-0.4, -0.2) is 35.3 Å². The van der Waals surface area contributed by atoms with Crippen molar-refractivity contribution in [1.29, 1.82) is 0 Å². The zero-order valence-corrected chi connectivity index (χ0v) is 19.3. The predicted octanol–water partition coefficient (Wildman–Crippen LogP) is 5.04. The Bertz CT molecular complexity index is 1160. The fraction of sp³-hybridized carbons (Fsp3) is 0.269. The summed E-state index contributed by atoms with van der Waals surface area (Å²) in [7, 11) is 1.57. The van der Waals surface area contributed by atoms with Crippen molar-refractivity contribution >= 4 is 23.3 Å². The lowest BCUT2D eigenvalue weighted by molar-refractivity contribution is -0.119. The van der Waals surface area contributed by atoms with Crippen LogP contribution < -0.4 is 9.47 Å². The van der Waals surface area contributed by atoms with E-state index in [1.165, 1.54) is 6.20 Å². The minimum Gasteiger partial charge on any atom is -0.493 e. The van der Waals surface area contributed by atoms with Crippen molar-refractivity contribution in [3.05, 3.63) is 88.2 Å². The highest BCUT2D eigenvalue weighted by Crippen LogP contribution is 2.37. The zero-order chi connectivity index (χ0) is 23.4. The van der Waals surface area contributed by atoms with Gasteiger partial charge in [-0.25, -0.2) is 0 Å². The number of aromatic nitrogens is 1. The molecule has 4 rings (SSSR count). The smallest absolute Gasteiger partial charge is 0.255 e. The van der Waals surface area contributed by atoms with Crippen molar-refractivity contribution in [1.82, 2.24) is 9.88 Å². The van der Waals surface area contributed by atoms with Crippen molar-refractivity contribution in [3.63, 3.8) is 0 Å². The maximum absolute atomic E-state index is 13.2. The zero-order valence-electron chi connectivity index (χ0n) is 18.6. The number of ketones is 1. The molecular formula is C26H25ClN2O4. The number of pyridine rings is 1. The Morgan fingerprint density at radius 2 is 1.97 bits per heavy atom. The number of halogens is 1. The van der Waals surface area contributed by atoms with Crippen LogP contribution in [0.4, 0.5) is 0 Å². The van der Waals surface area contributed by atoms with Crippen LogP contribution in [0.3, 0.4) is 0 Å². The van der Waals surface area contributed by atoms with E-state index < -0.39 is 6.04 Å².